The van der Waals surface area contributed by atoms with Gasteiger partial charge in [0.2, 0.25) is 17.8 Å². The van der Waals surface area contributed by atoms with Crippen LogP contribution in [-0.4, -0.2) is 41.1 Å². The number of ether oxygens (including phenoxy) is 1. The average molecular weight is 241 g/mol. The number of rotatable bonds is 6. The van der Waals surface area contributed by atoms with Crippen LogP contribution in [-0.2, 0) is 4.79 Å². The molecule has 1 aromatic heterocycles. The molecular weight excluding hydrogens is 226 g/mol. The Balaban J connectivity index is 2.54. The minimum absolute atomic E-state index is 0.0932. The van der Waals surface area contributed by atoms with Crippen LogP contribution in [0.2, 0.25) is 0 Å². The highest BCUT2D eigenvalue weighted by Crippen LogP contribution is 2.08. The highest BCUT2D eigenvalue weighted by Gasteiger charge is 2.04. The molecule has 0 aliphatic rings. The Kier molecular flexibility index (Phi) is 4.88. The lowest BCUT2D eigenvalue weighted by atomic mass is 10.6. The average Bonchev–Trinajstić information content (AvgIpc) is 2.34. The zero-order valence-electron chi connectivity index (χ0n) is 9.65. The van der Waals surface area contributed by atoms with Gasteiger partial charge in [0.15, 0.2) is 0 Å². The summed E-state index contributed by atoms with van der Waals surface area (Å²) in [5, 5.41) is 5.53. The molecule has 0 aliphatic carbocycles. The second-order valence-electron chi connectivity index (χ2n) is 3.02. The monoisotopic (exact) mass is 241 g/mol. The molecule has 9 heteroatoms. The number of nitrogens with two attached hydrogens (primary N) is 1. The Morgan fingerprint density at radius 3 is 2.59 bits per heavy atom. The van der Waals surface area contributed by atoms with Gasteiger partial charge in [-0.1, -0.05) is 0 Å². The molecule has 0 aromatic carbocycles. The predicted molar refractivity (Wildman–Crippen MR) is 61.4 cm³/mol. The summed E-state index contributed by atoms with van der Waals surface area (Å²) in [5.41, 5.74) is 2.30. The fourth-order valence-corrected chi connectivity index (χ4v) is 1.00. The summed E-state index contributed by atoms with van der Waals surface area (Å²) in [6.45, 7) is 2.40. The first-order valence-electron chi connectivity index (χ1n) is 4.90. The number of nitrogen functional groups attached to an aromatic ring is 1. The first-order chi connectivity index (χ1) is 8.15. The normalized spacial score (nSPS) is 9.59. The zero-order valence-corrected chi connectivity index (χ0v) is 9.65. The highest BCUT2D eigenvalue weighted by molar-refractivity contribution is 5.72. The molecule has 1 rings (SSSR count). The van der Waals surface area contributed by atoms with Crippen LogP contribution in [0.5, 0.6) is 6.01 Å². The Morgan fingerprint density at radius 2 is 2.00 bits per heavy atom. The second-order valence-corrected chi connectivity index (χ2v) is 3.02. The quantitative estimate of drug-likeness (QED) is 0.275. The highest BCUT2D eigenvalue weighted by atomic mass is 16.5. The SMILES string of the molecule is COc1nc(NN)nc(NCCNC(C)=O)n1. The number of methoxy groups -OCH3 is 1. The van der Waals surface area contributed by atoms with Gasteiger partial charge in [0.05, 0.1) is 7.11 Å². The van der Waals surface area contributed by atoms with Crippen molar-refractivity contribution in [2.75, 3.05) is 30.9 Å². The van der Waals surface area contributed by atoms with Crippen molar-refractivity contribution in [1.29, 1.82) is 0 Å². The topological polar surface area (TPSA) is 127 Å². The number of hydrogen-bond donors (Lipinski definition) is 4. The number of carbonyl (C=O) groups is 1. The number of carbonyl (C=O) groups excluding carboxylic acids is 1. The van der Waals surface area contributed by atoms with Crippen molar-refractivity contribution in [3.05, 3.63) is 0 Å². The zero-order chi connectivity index (χ0) is 12.7. The first kappa shape index (κ1) is 12.9. The van der Waals surface area contributed by atoms with E-state index in [1.54, 1.807) is 0 Å². The van der Waals surface area contributed by atoms with Crippen molar-refractivity contribution in [1.82, 2.24) is 20.3 Å². The van der Waals surface area contributed by atoms with Crippen molar-refractivity contribution in [2.45, 2.75) is 6.92 Å². The Morgan fingerprint density at radius 1 is 1.29 bits per heavy atom. The molecule has 0 bridgehead atoms. The maximum atomic E-state index is 10.6. The third-order valence-corrected chi connectivity index (χ3v) is 1.71. The minimum atomic E-state index is -0.0932. The fourth-order valence-electron chi connectivity index (χ4n) is 1.00. The third-order valence-electron chi connectivity index (χ3n) is 1.71. The van der Waals surface area contributed by atoms with Crippen LogP contribution in [0.1, 0.15) is 6.92 Å². The van der Waals surface area contributed by atoms with Gasteiger partial charge in [-0.25, -0.2) is 5.84 Å². The Bertz CT molecular complexity index is 362. The van der Waals surface area contributed by atoms with Crippen LogP contribution in [0.3, 0.4) is 0 Å². The van der Waals surface area contributed by atoms with Crippen LogP contribution in [0.25, 0.3) is 0 Å². The molecule has 9 nitrogen and oxygen atoms in total. The van der Waals surface area contributed by atoms with Gasteiger partial charge in [-0.2, -0.15) is 15.0 Å². The molecule has 0 saturated carbocycles. The van der Waals surface area contributed by atoms with E-state index in [2.05, 4.69) is 31.0 Å². The summed E-state index contributed by atoms with van der Waals surface area (Å²) < 4.78 is 4.87. The van der Waals surface area contributed by atoms with E-state index >= 15 is 0 Å². The van der Waals surface area contributed by atoms with E-state index < -0.39 is 0 Å². The van der Waals surface area contributed by atoms with Crippen molar-refractivity contribution in [2.24, 2.45) is 5.84 Å². The predicted octanol–water partition coefficient (Wildman–Crippen LogP) is -1.29. The molecule has 1 heterocycles. The summed E-state index contributed by atoms with van der Waals surface area (Å²) in [6.07, 6.45) is 0. The summed E-state index contributed by atoms with van der Waals surface area (Å²) in [5.74, 6) is 5.61. The van der Waals surface area contributed by atoms with E-state index in [0.29, 0.717) is 19.0 Å². The smallest absolute Gasteiger partial charge is 0.322 e. The number of nitrogens with one attached hydrogen (secondary N) is 3. The molecule has 0 unspecified atom stereocenters. The van der Waals surface area contributed by atoms with Crippen molar-refractivity contribution < 1.29 is 9.53 Å². The van der Waals surface area contributed by atoms with Crippen molar-refractivity contribution in [3.8, 4) is 6.01 Å². The molecule has 0 fully saturated rings. The number of aromatic nitrogens is 3. The second kappa shape index (κ2) is 6.43. The molecule has 1 aromatic rings. The van der Waals surface area contributed by atoms with E-state index in [4.69, 9.17) is 10.6 Å². The maximum absolute atomic E-state index is 10.6. The van der Waals surface area contributed by atoms with Gasteiger partial charge in [0.1, 0.15) is 0 Å². The first-order valence-corrected chi connectivity index (χ1v) is 4.90. The molecule has 0 atom stereocenters. The molecule has 17 heavy (non-hydrogen) atoms. The van der Waals surface area contributed by atoms with Gasteiger partial charge in [0, 0.05) is 20.0 Å². The maximum Gasteiger partial charge on any atom is 0.322 e. The van der Waals surface area contributed by atoms with Gasteiger partial charge >= 0.3 is 6.01 Å². The lowest BCUT2D eigenvalue weighted by molar-refractivity contribution is -0.118. The molecule has 0 spiro atoms. The van der Waals surface area contributed by atoms with Gasteiger partial charge < -0.3 is 15.4 Å². The number of amides is 1. The summed E-state index contributed by atoms with van der Waals surface area (Å²) >= 11 is 0. The van der Waals surface area contributed by atoms with Crippen LogP contribution in [0.15, 0.2) is 0 Å². The number of nitrogens with zero attached hydrogens (tertiary/aromatic N) is 3. The Hall–Kier alpha value is -2.16. The van der Waals surface area contributed by atoms with E-state index in [1.807, 2.05) is 0 Å². The van der Waals surface area contributed by atoms with Gasteiger partial charge in [-0.3, -0.25) is 10.2 Å². The number of hydrogen-bond acceptors (Lipinski definition) is 8. The molecule has 5 N–H and O–H groups in total. The largest absolute Gasteiger partial charge is 0.467 e. The van der Waals surface area contributed by atoms with E-state index in [-0.39, 0.29) is 17.9 Å². The van der Waals surface area contributed by atoms with Gasteiger partial charge in [0.25, 0.3) is 0 Å². The molecule has 0 aliphatic heterocycles. The lowest BCUT2D eigenvalue weighted by Crippen LogP contribution is -2.27. The van der Waals surface area contributed by atoms with Crippen molar-refractivity contribution in [3.63, 3.8) is 0 Å². The number of anilines is 2. The number of hydrazine groups is 1. The van der Waals surface area contributed by atoms with Gasteiger partial charge in [-0.05, 0) is 0 Å². The van der Waals surface area contributed by atoms with Crippen LogP contribution < -0.4 is 26.6 Å². The van der Waals surface area contributed by atoms with Crippen LogP contribution >= 0.6 is 0 Å². The Labute approximate surface area is 98.1 Å². The lowest BCUT2D eigenvalue weighted by Gasteiger charge is -2.07. The fraction of sp³-hybridized carbons (Fsp3) is 0.500. The van der Waals surface area contributed by atoms with E-state index in [9.17, 15) is 4.79 Å². The van der Waals surface area contributed by atoms with E-state index in [1.165, 1.54) is 14.0 Å². The minimum Gasteiger partial charge on any atom is -0.467 e. The summed E-state index contributed by atoms with van der Waals surface area (Å²) in [4.78, 5) is 22.4. The molecular formula is C8H15N7O2. The summed E-state index contributed by atoms with van der Waals surface area (Å²) in [7, 11) is 1.44. The van der Waals surface area contributed by atoms with Crippen molar-refractivity contribution >= 4 is 17.8 Å². The molecule has 94 valence electrons. The standard InChI is InChI=1S/C8H15N7O2/c1-5(16)10-3-4-11-6-12-7(15-9)14-8(13-6)17-2/h3-4,9H2,1-2H3,(H,10,16)(H2,11,12,13,14,15). The molecule has 0 radical (unpaired) electrons. The van der Waals surface area contributed by atoms with Crippen LogP contribution in [0, 0.1) is 0 Å². The third kappa shape index (κ3) is 4.47. The van der Waals surface area contributed by atoms with E-state index in [0.717, 1.165) is 0 Å². The van der Waals surface area contributed by atoms with Crippen LogP contribution in [0.4, 0.5) is 11.9 Å². The molecule has 0 saturated heterocycles. The molecule has 1 amide bonds. The summed E-state index contributed by atoms with van der Waals surface area (Å²) in [6, 6.07) is 0.148. The van der Waals surface area contributed by atoms with Gasteiger partial charge in [-0.15, -0.1) is 0 Å².